The molecule has 0 aromatic heterocycles. The fourth-order valence-electron chi connectivity index (χ4n) is 1.36. The minimum Gasteiger partial charge on any atom is -0.211 e. The monoisotopic (exact) mass is 216 g/mol. The van der Waals surface area contributed by atoms with E-state index in [1.807, 2.05) is 31.2 Å². The van der Waals surface area contributed by atoms with Crippen LogP contribution in [0.15, 0.2) is 34.3 Å². The number of carbonyl (C=O) groups excluding carboxylic acids is 2. The van der Waals surface area contributed by atoms with Gasteiger partial charge in [-0.25, -0.2) is 19.6 Å². The Hall–Kier alpha value is -2.02. The Balaban J connectivity index is 2.70. The summed E-state index contributed by atoms with van der Waals surface area (Å²) in [5, 5.41) is 0. The van der Waals surface area contributed by atoms with Crippen LogP contribution in [0.25, 0.3) is 0 Å². The highest BCUT2D eigenvalue weighted by Crippen LogP contribution is 2.08. The first-order valence-corrected chi connectivity index (χ1v) is 4.92. The molecule has 0 heterocycles. The quantitative estimate of drug-likeness (QED) is 0.554. The topological polar surface area (TPSA) is 58.9 Å². The Kier molecular flexibility index (Phi) is 4.87. The number of rotatable bonds is 5. The third-order valence-electron chi connectivity index (χ3n) is 2.19. The van der Waals surface area contributed by atoms with Crippen LogP contribution in [0.4, 0.5) is 0 Å². The van der Waals surface area contributed by atoms with Crippen molar-refractivity contribution >= 4 is 12.2 Å². The summed E-state index contributed by atoms with van der Waals surface area (Å²) < 4.78 is 0. The molecular weight excluding hydrogens is 204 g/mol. The number of hydrogen-bond acceptors (Lipinski definition) is 4. The van der Waals surface area contributed by atoms with E-state index >= 15 is 0 Å². The van der Waals surface area contributed by atoms with E-state index in [1.54, 1.807) is 0 Å². The molecule has 1 aromatic carbocycles. The molecule has 4 nitrogen and oxygen atoms in total. The Morgan fingerprint density at radius 2 is 1.88 bits per heavy atom. The second-order valence-electron chi connectivity index (χ2n) is 3.50. The number of hydrogen-bond donors (Lipinski definition) is 0. The van der Waals surface area contributed by atoms with Gasteiger partial charge in [-0.2, -0.15) is 0 Å². The fourth-order valence-corrected chi connectivity index (χ4v) is 1.36. The highest BCUT2D eigenvalue weighted by molar-refractivity contribution is 5.35. The summed E-state index contributed by atoms with van der Waals surface area (Å²) in [5.41, 5.74) is 2.22. The van der Waals surface area contributed by atoms with E-state index in [0.29, 0.717) is 6.42 Å². The molecule has 0 spiro atoms. The predicted molar refractivity (Wildman–Crippen MR) is 59.8 cm³/mol. The summed E-state index contributed by atoms with van der Waals surface area (Å²) >= 11 is 0. The van der Waals surface area contributed by atoms with Crippen molar-refractivity contribution < 1.29 is 9.59 Å². The van der Waals surface area contributed by atoms with Gasteiger partial charge in [0.2, 0.25) is 12.2 Å². The molecule has 1 unspecified atom stereocenters. The molecule has 0 amide bonds. The smallest absolute Gasteiger partial charge is 0.211 e. The van der Waals surface area contributed by atoms with Crippen molar-refractivity contribution in [1.82, 2.24) is 0 Å². The molecule has 0 aliphatic heterocycles. The van der Waals surface area contributed by atoms with Gasteiger partial charge >= 0.3 is 0 Å². The maximum Gasteiger partial charge on any atom is 0.235 e. The van der Waals surface area contributed by atoms with Gasteiger partial charge in [-0.1, -0.05) is 29.8 Å². The first-order valence-electron chi connectivity index (χ1n) is 4.92. The van der Waals surface area contributed by atoms with E-state index < -0.39 is 0 Å². The Morgan fingerprint density at radius 1 is 1.19 bits per heavy atom. The third kappa shape index (κ3) is 4.01. The van der Waals surface area contributed by atoms with Gasteiger partial charge in [-0.15, -0.1) is 0 Å². The molecule has 0 aliphatic carbocycles. The van der Waals surface area contributed by atoms with Gasteiger partial charge in [0.1, 0.15) is 0 Å². The Morgan fingerprint density at radius 3 is 2.44 bits per heavy atom. The Bertz CT molecular complexity index is 427. The Labute approximate surface area is 93.7 Å². The first-order chi connectivity index (χ1) is 7.76. The number of nitrogens with zero attached hydrogens (tertiary/aromatic N) is 2. The molecule has 1 aromatic rings. The van der Waals surface area contributed by atoms with E-state index in [4.69, 9.17) is 0 Å². The van der Waals surface area contributed by atoms with Crippen LogP contribution in [-0.2, 0) is 16.0 Å². The third-order valence-corrected chi connectivity index (χ3v) is 2.19. The maximum atomic E-state index is 10.2. The van der Waals surface area contributed by atoms with Crippen LogP contribution in [0.2, 0.25) is 0 Å². The zero-order valence-corrected chi connectivity index (χ0v) is 9.01. The largest absolute Gasteiger partial charge is 0.235 e. The van der Waals surface area contributed by atoms with Crippen molar-refractivity contribution in [2.24, 2.45) is 9.98 Å². The van der Waals surface area contributed by atoms with Gasteiger partial charge in [-0.05, 0) is 18.9 Å². The second-order valence-corrected chi connectivity index (χ2v) is 3.50. The average molecular weight is 216 g/mol. The zero-order chi connectivity index (χ0) is 11.8. The van der Waals surface area contributed by atoms with Gasteiger partial charge in [0.25, 0.3) is 0 Å². The lowest BCUT2D eigenvalue weighted by molar-refractivity contribution is 0.550. The summed E-state index contributed by atoms with van der Waals surface area (Å²) in [6.45, 7) is 2.17. The maximum absolute atomic E-state index is 10.2. The van der Waals surface area contributed by atoms with Crippen molar-refractivity contribution in [2.75, 3.05) is 6.54 Å². The zero-order valence-electron chi connectivity index (χ0n) is 9.01. The number of isocyanates is 2. The summed E-state index contributed by atoms with van der Waals surface area (Å²) in [4.78, 5) is 27.2. The van der Waals surface area contributed by atoms with Gasteiger partial charge in [-0.3, -0.25) is 0 Å². The predicted octanol–water partition coefficient (Wildman–Crippen LogP) is 1.58. The van der Waals surface area contributed by atoms with Crippen LogP contribution >= 0.6 is 0 Å². The summed E-state index contributed by atoms with van der Waals surface area (Å²) in [6.07, 6.45) is 3.50. The van der Waals surface area contributed by atoms with Crippen molar-refractivity contribution in [3.05, 3.63) is 35.4 Å². The molecule has 0 radical (unpaired) electrons. The normalized spacial score (nSPS) is 11.1. The van der Waals surface area contributed by atoms with Crippen molar-refractivity contribution in [2.45, 2.75) is 19.4 Å². The molecule has 0 fully saturated rings. The van der Waals surface area contributed by atoms with Crippen molar-refractivity contribution in [3.63, 3.8) is 0 Å². The van der Waals surface area contributed by atoms with E-state index in [0.717, 1.165) is 5.56 Å². The van der Waals surface area contributed by atoms with E-state index in [-0.39, 0.29) is 12.6 Å². The van der Waals surface area contributed by atoms with Gasteiger partial charge in [0.05, 0.1) is 12.6 Å². The first kappa shape index (κ1) is 12.1. The molecule has 0 bridgehead atoms. The van der Waals surface area contributed by atoms with Gasteiger partial charge in [0, 0.05) is 0 Å². The van der Waals surface area contributed by atoms with Gasteiger partial charge in [0.15, 0.2) is 0 Å². The van der Waals surface area contributed by atoms with Crippen LogP contribution in [-0.4, -0.2) is 24.7 Å². The van der Waals surface area contributed by atoms with E-state index in [9.17, 15) is 9.59 Å². The molecular formula is C12H12N2O2. The molecule has 1 atom stereocenters. The van der Waals surface area contributed by atoms with Crippen molar-refractivity contribution in [3.8, 4) is 0 Å². The molecule has 16 heavy (non-hydrogen) atoms. The molecule has 0 saturated carbocycles. The number of aliphatic imine (C=N–C) groups is 2. The van der Waals surface area contributed by atoms with Crippen LogP contribution in [0.1, 0.15) is 11.1 Å². The lowest BCUT2D eigenvalue weighted by atomic mass is 10.1. The summed E-state index contributed by atoms with van der Waals surface area (Å²) in [6, 6.07) is 7.57. The summed E-state index contributed by atoms with van der Waals surface area (Å²) in [7, 11) is 0. The lowest BCUT2D eigenvalue weighted by Gasteiger charge is -2.06. The standard InChI is InChI=1S/C12H12N2O2/c1-10-2-4-11(5-3-10)6-12(14-9-16)7-13-8-15/h2-5,12H,6-7H2,1H3. The SMILES string of the molecule is Cc1ccc(CC(CN=C=O)N=C=O)cc1. The van der Waals surface area contributed by atoms with Crippen molar-refractivity contribution in [1.29, 1.82) is 0 Å². The molecule has 0 N–H and O–H groups in total. The lowest BCUT2D eigenvalue weighted by Crippen LogP contribution is -2.12. The molecule has 82 valence electrons. The van der Waals surface area contributed by atoms with Crippen LogP contribution < -0.4 is 0 Å². The number of aryl methyl sites for hydroxylation is 1. The van der Waals surface area contributed by atoms with Crippen LogP contribution in [0, 0.1) is 6.92 Å². The highest BCUT2D eigenvalue weighted by Gasteiger charge is 2.07. The average Bonchev–Trinajstić information content (AvgIpc) is 2.29. The van der Waals surface area contributed by atoms with Gasteiger partial charge < -0.3 is 0 Å². The molecule has 0 saturated heterocycles. The van der Waals surface area contributed by atoms with E-state index in [2.05, 4.69) is 9.98 Å². The molecule has 1 rings (SSSR count). The summed E-state index contributed by atoms with van der Waals surface area (Å²) in [5.74, 6) is 0. The number of benzene rings is 1. The molecule has 0 aliphatic rings. The molecule has 4 heteroatoms. The van der Waals surface area contributed by atoms with Crippen LogP contribution in [0.5, 0.6) is 0 Å². The second kappa shape index (κ2) is 6.46. The highest BCUT2D eigenvalue weighted by atomic mass is 16.1. The van der Waals surface area contributed by atoms with Crippen LogP contribution in [0.3, 0.4) is 0 Å². The fraction of sp³-hybridized carbons (Fsp3) is 0.333. The van der Waals surface area contributed by atoms with E-state index in [1.165, 1.54) is 17.7 Å². The minimum atomic E-state index is -0.332. The minimum absolute atomic E-state index is 0.173.